The topological polar surface area (TPSA) is 111 Å². The lowest BCUT2D eigenvalue weighted by Gasteiger charge is -2.09. The molecule has 0 atom stereocenters. The highest BCUT2D eigenvalue weighted by Crippen LogP contribution is 2.31. The molecule has 43 heavy (non-hydrogen) atoms. The van der Waals surface area contributed by atoms with Crippen molar-refractivity contribution >= 4 is 22.6 Å². The second kappa shape index (κ2) is 13.5. The summed E-state index contributed by atoms with van der Waals surface area (Å²) in [5.74, 6) is 0.970. The summed E-state index contributed by atoms with van der Waals surface area (Å²) >= 11 is 6.10. The molecule has 2 aromatic heterocycles. The van der Waals surface area contributed by atoms with Crippen LogP contribution in [0.4, 0.5) is 13.2 Å². The molecular weight excluding hydrogens is 583 g/mol. The number of alkyl halides is 3. The van der Waals surface area contributed by atoms with Crippen LogP contribution in [0.2, 0.25) is 5.02 Å². The van der Waals surface area contributed by atoms with Crippen LogP contribution in [0.5, 0.6) is 5.75 Å². The van der Waals surface area contributed by atoms with Gasteiger partial charge in [0.25, 0.3) is 5.56 Å². The van der Waals surface area contributed by atoms with E-state index in [9.17, 15) is 18.0 Å². The van der Waals surface area contributed by atoms with Crippen molar-refractivity contribution in [1.29, 1.82) is 0 Å². The number of fused-ring (bicyclic) bond motifs is 1. The van der Waals surface area contributed by atoms with Gasteiger partial charge >= 0.3 is 6.18 Å². The van der Waals surface area contributed by atoms with E-state index in [0.717, 1.165) is 36.3 Å². The van der Waals surface area contributed by atoms with E-state index < -0.39 is 11.7 Å². The van der Waals surface area contributed by atoms with E-state index in [1.807, 2.05) is 24.3 Å². The van der Waals surface area contributed by atoms with Crippen LogP contribution in [-0.2, 0) is 23.8 Å². The lowest BCUT2D eigenvalue weighted by Crippen LogP contribution is -2.18. The highest BCUT2D eigenvalue weighted by molar-refractivity contribution is 6.31. The van der Waals surface area contributed by atoms with Crippen LogP contribution in [0, 0.1) is 0 Å². The van der Waals surface area contributed by atoms with Gasteiger partial charge in [0.15, 0.2) is 0 Å². The number of rotatable bonds is 13. The minimum absolute atomic E-state index is 0.243. The summed E-state index contributed by atoms with van der Waals surface area (Å²) in [6, 6.07) is 17.4. The fourth-order valence-corrected chi connectivity index (χ4v) is 4.82. The number of aryl methyl sites for hydroxylation is 1. The average Bonchev–Trinajstić information content (AvgIpc) is 3.56. The van der Waals surface area contributed by atoms with Gasteiger partial charge in [0.05, 0.1) is 28.9 Å². The molecule has 0 radical (unpaired) electrons. The van der Waals surface area contributed by atoms with Gasteiger partial charge in [0.1, 0.15) is 5.75 Å². The molecule has 3 aromatic carbocycles. The maximum absolute atomic E-state index is 13.7. The summed E-state index contributed by atoms with van der Waals surface area (Å²) in [7, 11) is 0. The maximum Gasteiger partial charge on any atom is 0.416 e. The molecule has 4 N–H and O–H groups in total. The second-order valence-electron chi connectivity index (χ2n) is 10.0. The molecule has 226 valence electrons. The molecule has 0 saturated carbocycles. The molecule has 5 aromatic rings. The number of imidazole rings is 1. The summed E-state index contributed by atoms with van der Waals surface area (Å²) in [5.41, 5.74) is 7.85. The molecule has 0 aliphatic heterocycles. The largest absolute Gasteiger partial charge is 0.494 e. The summed E-state index contributed by atoms with van der Waals surface area (Å²) in [6.07, 6.45) is -2.02. The lowest BCUT2D eigenvalue weighted by molar-refractivity contribution is -0.137. The van der Waals surface area contributed by atoms with Gasteiger partial charge in [-0.2, -0.15) is 17.9 Å². The Morgan fingerprint density at radius 3 is 2.40 bits per heavy atom. The number of ether oxygens (including phenoxy) is 2. The molecular formula is C31H31ClF3N5O3. The molecule has 0 amide bonds. The minimum atomic E-state index is -4.47. The minimum Gasteiger partial charge on any atom is -0.494 e. The van der Waals surface area contributed by atoms with Gasteiger partial charge < -0.3 is 20.2 Å². The van der Waals surface area contributed by atoms with E-state index in [1.165, 1.54) is 16.8 Å². The van der Waals surface area contributed by atoms with Crippen molar-refractivity contribution < 1.29 is 22.6 Å². The molecule has 0 unspecified atom stereocenters. The molecule has 0 saturated heterocycles. The van der Waals surface area contributed by atoms with Crippen molar-refractivity contribution in [2.24, 2.45) is 5.73 Å². The number of hydrogen-bond acceptors (Lipinski definition) is 5. The number of H-pyrrole nitrogens is 2. The standard InChI is InChI=1S/C31H31ClF3N5O3/c32-23-10-14-26-27(19-23)38-30(37-26)40-29(41)25(28(39-40)21-6-8-22(9-7-21)31(33,34)35)13-5-20-3-11-24(12-4-20)43-18-2-17-42-16-1-15-36/h3-4,6-12,14,19,39H,1-2,5,13,15-18,36H2,(H,37,38). The smallest absolute Gasteiger partial charge is 0.416 e. The van der Waals surface area contributed by atoms with Gasteiger partial charge in [0.2, 0.25) is 5.95 Å². The molecule has 0 fully saturated rings. The van der Waals surface area contributed by atoms with Crippen molar-refractivity contribution in [1.82, 2.24) is 19.7 Å². The van der Waals surface area contributed by atoms with Crippen LogP contribution < -0.4 is 16.0 Å². The number of hydrogen-bond donors (Lipinski definition) is 3. The van der Waals surface area contributed by atoms with Gasteiger partial charge in [-0.15, -0.1) is 0 Å². The Morgan fingerprint density at radius 2 is 1.67 bits per heavy atom. The number of aromatic amines is 2. The fraction of sp³-hybridized carbons (Fsp3) is 0.290. The highest BCUT2D eigenvalue weighted by Gasteiger charge is 2.30. The van der Waals surface area contributed by atoms with E-state index in [1.54, 1.807) is 18.2 Å². The zero-order chi connectivity index (χ0) is 30.4. The molecule has 0 spiro atoms. The normalized spacial score (nSPS) is 11.8. The predicted molar refractivity (Wildman–Crippen MR) is 160 cm³/mol. The Hall–Kier alpha value is -4.06. The zero-order valence-electron chi connectivity index (χ0n) is 23.2. The Morgan fingerprint density at radius 1 is 0.930 bits per heavy atom. The maximum atomic E-state index is 13.7. The number of benzene rings is 3. The molecule has 2 heterocycles. The molecule has 8 nitrogen and oxygen atoms in total. The van der Waals surface area contributed by atoms with Gasteiger partial charge in [0, 0.05) is 30.2 Å². The predicted octanol–water partition coefficient (Wildman–Crippen LogP) is 6.30. The van der Waals surface area contributed by atoms with Crippen LogP contribution in [0.3, 0.4) is 0 Å². The van der Waals surface area contributed by atoms with Crippen molar-refractivity contribution in [3.05, 3.63) is 98.8 Å². The molecule has 0 aliphatic carbocycles. The summed E-state index contributed by atoms with van der Waals surface area (Å²) in [5, 5.41) is 3.58. The van der Waals surface area contributed by atoms with E-state index in [-0.39, 0.29) is 11.5 Å². The second-order valence-corrected chi connectivity index (χ2v) is 10.4. The number of halogens is 4. The number of aromatic nitrogens is 4. The van der Waals surface area contributed by atoms with Crippen molar-refractivity contribution in [2.75, 3.05) is 26.4 Å². The Kier molecular flexibility index (Phi) is 9.54. The number of nitrogens with one attached hydrogen (secondary N) is 2. The van der Waals surface area contributed by atoms with Gasteiger partial charge in [-0.3, -0.25) is 9.89 Å². The Balaban J connectivity index is 1.35. The first-order valence-corrected chi connectivity index (χ1v) is 14.3. The zero-order valence-corrected chi connectivity index (χ0v) is 24.0. The van der Waals surface area contributed by atoms with Crippen molar-refractivity contribution in [3.8, 4) is 23.0 Å². The third-order valence-corrected chi connectivity index (χ3v) is 7.15. The monoisotopic (exact) mass is 613 g/mol. The first-order valence-electron chi connectivity index (χ1n) is 13.9. The fourth-order valence-electron chi connectivity index (χ4n) is 4.65. The SMILES string of the molecule is NCCCOCCCOc1ccc(CCc2c(-c3ccc(C(F)(F)F)cc3)[nH]n(-c3nc4ccc(Cl)cc4[nH]3)c2=O)cc1. The molecule has 0 aliphatic rings. The van der Waals surface area contributed by atoms with Crippen molar-refractivity contribution in [2.45, 2.75) is 31.9 Å². The van der Waals surface area contributed by atoms with Gasteiger partial charge in [-0.05, 0) is 79.4 Å². The van der Waals surface area contributed by atoms with Crippen LogP contribution in [0.1, 0.15) is 29.5 Å². The van der Waals surface area contributed by atoms with Crippen LogP contribution in [-0.4, -0.2) is 46.1 Å². The van der Waals surface area contributed by atoms with Gasteiger partial charge in [-0.25, -0.2) is 4.98 Å². The quantitative estimate of drug-likeness (QED) is 0.135. The van der Waals surface area contributed by atoms with Crippen LogP contribution in [0.15, 0.2) is 71.5 Å². The highest BCUT2D eigenvalue weighted by atomic mass is 35.5. The third kappa shape index (κ3) is 7.48. The van der Waals surface area contributed by atoms with E-state index >= 15 is 0 Å². The van der Waals surface area contributed by atoms with E-state index in [2.05, 4.69) is 15.1 Å². The average molecular weight is 614 g/mol. The molecule has 12 heteroatoms. The van der Waals surface area contributed by atoms with E-state index in [0.29, 0.717) is 72.1 Å². The summed E-state index contributed by atoms with van der Waals surface area (Å²) in [4.78, 5) is 21.3. The Bertz CT molecular complexity index is 1710. The lowest BCUT2D eigenvalue weighted by atomic mass is 10.0. The number of nitrogens with zero attached hydrogens (tertiary/aromatic N) is 2. The number of nitrogens with two attached hydrogens (primary N) is 1. The molecule has 0 bridgehead atoms. The van der Waals surface area contributed by atoms with Crippen LogP contribution >= 0.6 is 11.6 Å². The van der Waals surface area contributed by atoms with Gasteiger partial charge in [-0.1, -0.05) is 35.9 Å². The van der Waals surface area contributed by atoms with E-state index in [4.69, 9.17) is 26.8 Å². The summed E-state index contributed by atoms with van der Waals surface area (Å²) in [6.45, 7) is 2.38. The summed E-state index contributed by atoms with van der Waals surface area (Å²) < 4.78 is 52.1. The first kappa shape index (κ1) is 30.4. The molecule has 5 rings (SSSR count). The van der Waals surface area contributed by atoms with Crippen molar-refractivity contribution in [3.63, 3.8) is 0 Å². The Labute approximate surface area is 250 Å². The first-order chi connectivity index (χ1) is 20.7. The van der Waals surface area contributed by atoms with Crippen LogP contribution in [0.25, 0.3) is 28.2 Å². The third-order valence-electron chi connectivity index (χ3n) is 6.91.